The number of benzene rings is 2. The molecule has 10 nitrogen and oxygen atoms in total. The number of thiophene rings is 1. The van der Waals surface area contributed by atoms with Crippen LogP contribution in [0.25, 0.3) is 5.69 Å². The molecule has 35 heavy (non-hydrogen) atoms. The van der Waals surface area contributed by atoms with Gasteiger partial charge in [-0.05, 0) is 51.7 Å². The molecular formula is C24H22N6O4S. The number of rotatable bonds is 8. The van der Waals surface area contributed by atoms with Crippen LogP contribution in [0, 0.1) is 0 Å². The highest BCUT2D eigenvalue weighted by Gasteiger charge is 2.34. The molecule has 1 aliphatic heterocycles. The van der Waals surface area contributed by atoms with E-state index >= 15 is 0 Å². The molecule has 0 N–H and O–H groups in total. The minimum absolute atomic E-state index is 0.177. The summed E-state index contributed by atoms with van der Waals surface area (Å²) in [6, 6.07) is 16.5. The number of hydrazone groups is 1. The molecule has 0 spiro atoms. The number of carbonyl (C=O) groups is 1. The number of carbonyl (C=O) groups excluding carboxylic acids is 1. The predicted octanol–water partition coefficient (Wildman–Crippen LogP) is 3.50. The van der Waals surface area contributed by atoms with Crippen molar-refractivity contribution in [1.29, 1.82) is 0 Å². The molecule has 178 valence electrons. The predicted molar refractivity (Wildman–Crippen MR) is 129 cm³/mol. The molecule has 0 saturated carbocycles. The number of ether oxygens (including phenoxy) is 3. The Morgan fingerprint density at radius 1 is 1.09 bits per heavy atom. The van der Waals surface area contributed by atoms with Crippen molar-refractivity contribution >= 4 is 23.0 Å². The SMILES string of the molecule is COc1ccc([C@H]2CC(c3cccs3)=NN2C(=O)COc2cccc(-n3cnnn3)c2)cc1OC. The molecule has 2 aromatic heterocycles. The Balaban J connectivity index is 1.38. The maximum Gasteiger partial charge on any atom is 0.281 e. The van der Waals surface area contributed by atoms with Crippen molar-refractivity contribution in [2.45, 2.75) is 12.5 Å². The van der Waals surface area contributed by atoms with Crippen LogP contribution in [0.2, 0.25) is 0 Å². The monoisotopic (exact) mass is 490 g/mol. The first kappa shape index (κ1) is 22.5. The maximum absolute atomic E-state index is 13.3. The van der Waals surface area contributed by atoms with Gasteiger partial charge in [0, 0.05) is 12.5 Å². The van der Waals surface area contributed by atoms with E-state index in [4.69, 9.17) is 14.2 Å². The van der Waals surface area contributed by atoms with Crippen molar-refractivity contribution in [3.63, 3.8) is 0 Å². The van der Waals surface area contributed by atoms with E-state index in [0.29, 0.717) is 23.7 Å². The van der Waals surface area contributed by atoms with Crippen LogP contribution >= 0.6 is 11.3 Å². The zero-order chi connectivity index (χ0) is 24.2. The summed E-state index contributed by atoms with van der Waals surface area (Å²) in [7, 11) is 3.18. The van der Waals surface area contributed by atoms with Crippen LogP contribution in [0.1, 0.15) is 22.9 Å². The Labute approximate surface area is 205 Å². The number of amides is 1. The summed E-state index contributed by atoms with van der Waals surface area (Å²) in [4.78, 5) is 14.3. The Bertz CT molecular complexity index is 1340. The van der Waals surface area contributed by atoms with Crippen LogP contribution in [0.4, 0.5) is 0 Å². The minimum atomic E-state index is -0.296. The van der Waals surface area contributed by atoms with Crippen LogP contribution in [0.5, 0.6) is 17.2 Å². The van der Waals surface area contributed by atoms with E-state index in [1.807, 2.05) is 47.8 Å². The summed E-state index contributed by atoms with van der Waals surface area (Å²) >= 11 is 1.59. The van der Waals surface area contributed by atoms with Crippen LogP contribution in [0.15, 0.2) is 71.4 Å². The first-order chi connectivity index (χ1) is 17.2. The van der Waals surface area contributed by atoms with Gasteiger partial charge in [0.05, 0.1) is 36.5 Å². The van der Waals surface area contributed by atoms with Gasteiger partial charge in [-0.25, -0.2) is 9.69 Å². The van der Waals surface area contributed by atoms with Crippen LogP contribution in [-0.2, 0) is 4.79 Å². The van der Waals surface area contributed by atoms with Gasteiger partial charge >= 0.3 is 0 Å². The quantitative estimate of drug-likeness (QED) is 0.372. The topological polar surface area (TPSA) is 104 Å². The van der Waals surface area contributed by atoms with Gasteiger partial charge in [0.25, 0.3) is 5.91 Å². The standard InChI is InChI=1S/C24H22N6O4S/c1-32-21-9-8-16(11-22(21)33-2)20-13-19(23-7-4-10-35-23)26-30(20)24(31)14-34-18-6-3-5-17(12-18)29-15-25-27-28-29/h3-12,15,20H,13-14H2,1-2H3/t20-/m1/s1. The molecule has 3 heterocycles. The fourth-order valence-electron chi connectivity index (χ4n) is 3.86. The molecule has 1 atom stereocenters. The lowest BCUT2D eigenvalue weighted by molar-refractivity contribution is -0.135. The normalized spacial score (nSPS) is 15.1. The van der Waals surface area contributed by atoms with Gasteiger partial charge in [0.15, 0.2) is 18.1 Å². The molecule has 11 heteroatoms. The summed E-state index contributed by atoms with van der Waals surface area (Å²) < 4.78 is 18.2. The van der Waals surface area contributed by atoms with E-state index in [0.717, 1.165) is 21.8 Å². The summed E-state index contributed by atoms with van der Waals surface area (Å²) in [5.41, 5.74) is 2.48. The van der Waals surface area contributed by atoms with Gasteiger partial charge in [-0.1, -0.05) is 18.2 Å². The molecule has 4 aromatic rings. The highest BCUT2D eigenvalue weighted by molar-refractivity contribution is 7.12. The van der Waals surface area contributed by atoms with Crippen molar-refractivity contribution < 1.29 is 19.0 Å². The summed E-state index contributed by atoms with van der Waals surface area (Å²) in [5, 5.41) is 19.3. The summed E-state index contributed by atoms with van der Waals surface area (Å²) in [5.74, 6) is 1.48. The molecule has 5 rings (SSSR count). The van der Waals surface area contributed by atoms with E-state index in [2.05, 4.69) is 20.6 Å². The van der Waals surface area contributed by atoms with Crippen molar-refractivity contribution in [3.05, 3.63) is 76.7 Å². The number of methoxy groups -OCH3 is 2. The Kier molecular flexibility index (Phi) is 6.40. The van der Waals surface area contributed by atoms with E-state index in [9.17, 15) is 4.79 Å². The molecule has 2 aromatic carbocycles. The zero-order valence-corrected chi connectivity index (χ0v) is 19.9. The lowest BCUT2D eigenvalue weighted by Crippen LogP contribution is -2.31. The molecule has 1 aliphatic rings. The van der Waals surface area contributed by atoms with Gasteiger partial charge in [0.1, 0.15) is 12.1 Å². The van der Waals surface area contributed by atoms with E-state index in [1.54, 1.807) is 37.7 Å². The second-order valence-corrected chi connectivity index (χ2v) is 8.58. The maximum atomic E-state index is 13.3. The number of nitrogens with zero attached hydrogens (tertiary/aromatic N) is 6. The van der Waals surface area contributed by atoms with E-state index < -0.39 is 0 Å². The lowest BCUT2D eigenvalue weighted by atomic mass is 10.0. The minimum Gasteiger partial charge on any atom is -0.493 e. The molecule has 0 saturated heterocycles. The number of tetrazole rings is 1. The Hall–Kier alpha value is -4.25. The van der Waals surface area contributed by atoms with Gasteiger partial charge in [-0.15, -0.1) is 16.4 Å². The molecule has 0 unspecified atom stereocenters. The van der Waals surface area contributed by atoms with Crippen LogP contribution in [-0.4, -0.2) is 57.7 Å². The number of aromatic nitrogens is 4. The lowest BCUT2D eigenvalue weighted by Gasteiger charge is -2.23. The highest BCUT2D eigenvalue weighted by atomic mass is 32.1. The number of hydrogen-bond acceptors (Lipinski definition) is 9. The van der Waals surface area contributed by atoms with E-state index in [1.165, 1.54) is 16.0 Å². The van der Waals surface area contributed by atoms with Crippen LogP contribution < -0.4 is 14.2 Å². The second-order valence-electron chi connectivity index (χ2n) is 7.64. The highest BCUT2D eigenvalue weighted by Crippen LogP contribution is 2.38. The van der Waals surface area contributed by atoms with E-state index in [-0.39, 0.29) is 18.6 Å². The van der Waals surface area contributed by atoms with Gasteiger partial charge in [-0.3, -0.25) is 4.79 Å². The Morgan fingerprint density at radius 2 is 1.97 bits per heavy atom. The molecule has 0 bridgehead atoms. The first-order valence-corrected chi connectivity index (χ1v) is 11.7. The van der Waals surface area contributed by atoms with Gasteiger partial charge < -0.3 is 14.2 Å². The molecule has 1 amide bonds. The molecular weight excluding hydrogens is 468 g/mol. The first-order valence-electron chi connectivity index (χ1n) is 10.8. The largest absolute Gasteiger partial charge is 0.493 e. The van der Waals surface area contributed by atoms with Crippen LogP contribution in [0.3, 0.4) is 0 Å². The number of hydrogen-bond donors (Lipinski definition) is 0. The van der Waals surface area contributed by atoms with Crippen molar-refractivity contribution in [1.82, 2.24) is 25.2 Å². The summed E-state index contributed by atoms with van der Waals surface area (Å²) in [6.07, 6.45) is 2.07. The fraction of sp³-hybridized carbons (Fsp3) is 0.208. The van der Waals surface area contributed by atoms with Gasteiger partial charge in [0.2, 0.25) is 0 Å². The summed E-state index contributed by atoms with van der Waals surface area (Å²) in [6.45, 7) is -0.177. The van der Waals surface area contributed by atoms with Crippen molar-refractivity contribution in [3.8, 4) is 22.9 Å². The third kappa shape index (κ3) is 4.71. The molecule has 0 aliphatic carbocycles. The van der Waals surface area contributed by atoms with Crippen molar-refractivity contribution in [2.24, 2.45) is 5.10 Å². The fourth-order valence-corrected chi connectivity index (χ4v) is 4.58. The Morgan fingerprint density at radius 3 is 2.71 bits per heavy atom. The van der Waals surface area contributed by atoms with Gasteiger partial charge in [-0.2, -0.15) is 5.10 Å². The second kappa shape index (κ2) is 9.94. The third-order valence-corrected chi connectivity index (χ3v) is 6.48. The average Bonchev–Trinajstić information content (AvgIpc) is 3.68. The molecule has 0 fully saturated rings. The average molecular weight is 491 g/mol. The molecule has 0 radical (unpaired) electrons. The zero-order valence-electron chi connectivity index (χ0n) is 19.1. The van der Waals surface area contributed by atoms with Crippen molar-refractivity contribution in [2.75, 3.05) is 20.8 Å². The third-order valence-electron chi connectivity index (χ3n) is 5.56. The smallest absolute Gasteiger partial charge is 0.281 e.